The smallest absolute Gasteiger partial charge is 0.124 e. The number of thiazole rings is 2. The standard InChI is InChI=1S/C46H36N2S2Si/c1-3-51(4-2)43(33-23-27-35(28-24-33)45-47-37-19-11-13-21-39(37)49-45)41(31-15-7-5-8-16-31)42(32-17-9-6-10-18-32)44(51)34-25-29-36(30-26-34)46-48-38-20-12-14-22-40(38)50-46/h5-30H,3-4H2,1-2H3. The summed E-state index contributed by atoms with van der Waals surface area (Å²) in [6.45, 7) is 4.86. The molecule has 0 radical (unpaired) electrons. The van der Waals surface area contributed by atoms with Crippen molar-refractivity contribution in [1.29, 1.82) is 0 Å². The molecular formula is C46H36N2S2Si. The Bertz CT molecular complexity index is 2330. The molecule has 0 aliphatic carbocycles. The van der Waals surface area contributed by atoms with Gasteiger partial charge >= 0.3 is 0 Å². The van der Waals surface area contributed by atoms with Crippen LogP contribution in [0.25, 0.3) is 63.1 Å². The Morgan fingerprint density at radius 2 is 0.745 bits per heavy atom. The summed E-state index contributed by atoms with van der Waals surface area (Å²) in [6, 6.07) is 59.9. The Morgan fingerprint density at radius 3 is 1.12 bits per heavy atom. The maximum atomic E-state index is 4.98. The highest BCUT2D eigenvalue weighted by atomic mass is 32.1. The van der Waals surface area contributed by atoms with E-state index >= 15 is 0 Å². The Kier molecular flexibility index (Phi) is 8.20. The van der Waals surface area contributed by atoms with Gasteiger partial charge in [-0.2, -0.15) is 0 Å². The minimum absolute atomic E-state index is 1.06. The number of benzene rings is 6. The number of hydrogen-bond acceptors (Lipinski definition) is 4. The molecule has 0 unspecified atom stereocenters. The number of allylic oxidation sites excluding steroid dienone is 2. The molecule has 1 aliphatic heterocycles. The minimum atomic E-state index is -2.33. The van der Waals surface area contributed by atoms with E-state index in [4.69, 9.17) is 9.97 Å². The summed E-state index contributed by atoms with van der Waals surface area (Å²) < 4.78 is 2.45. The van der Waals surface area contributed by atoms with Crippen LogP contribution in [0, 0.1) is 0 Å². The Hall–Kier alpha value is -5.20. The van der Waals surface area contributed by atoms with Gasteiger partial charge in [-0.3, -0.25) is 0 Å². The number of nitrogens with zero attached hydrogens (tertiary/aromatic N) is 2. The van der Waals surface area contributed by atoms with Crippen LogP contribution >= 0.6 is 22.7 Å². The van der Waals surface area contributed by atoms with E-state index in [1.165, 1.54) is 53.9 Å². The highest BCUT2D eigenvalue weighted by molar-refractivity contribution is 7.22. The summed E-state index contributed by atoms with van der Waals surface area (Å²) in [5.41, 5.74) is 12.4. The molecule has 2 aromatic heterocycles. The predicted octanol–water partition coefficient (Wildman–Crippen LogP) is 13.3. The second-order valence-corrected chi connectivity index (χ2v) is 19.8. The quantitative estimate of drug-likeness (QED) is 0.147. The third-order valence-corrected chi connectivity index (χ3v) is 18.0. The molecule has 0 fully saturated rings. The molecule has 246 valence electrons. The van der Waals surface area contributed by atoms with E-state index in [9.17, 15) is 0 Å². The molecule has 5 heteroatoms. The number of rotatable bonds is 8. The third-order valence-electron chi connectivity index (χ3n) is 10.5. The van der Waals surface area contributed by atoms with Crippen LogP contribution in [-0.2, 0) is 0 Å². The first-order valence-corrected chi connectivity index (χ1v) is 21.7. The van der Waals surface area contributed by atoms with E-state index in [1.807, 2.05) is 0 Å². The number of para-hydroxylation sites is 2. The molecule has 0 bridgehead atoms. The molecule has 1 aliphatic rings. The fourth-order valence-corrected chi connectivity index (χ4v) is 15.0. The van der Waals surface area contributed by atoms with Crippen molar-refractivity contribution in [3.05, 3.63) is 180 Å². The van der Waals surface area contributed by atoms with Gasteiger partial charge in [0.1, 0.15) is 18.1 Å². The first-order valence-electron chi connectivity index (χ1n) is 17.7. The molecule has 0 saturated carbocycles. The zero-order chi connectivity index (χ0) is 34.4. The zero-order valence-electron chi connectivity index (χ0n) is 28.6. The summed E-state index contributed by atoms with van der Waals surface area (Å²) >= 11 is 3.53. The first kappa shape index (κ1) is 31.8. The maximum Gasteiger partial charge on any atom is 0.124 e. The van der Waals surface area contributed by atoms with E-state index in [1.54, 1.807) is 33.1 Å². The average Bonchev–Trinajstić information content (AvgIpc) is 3.92. The SMILES string of the molecule is CC[Si]1(CC)C(c2ccc(-c3nc4ccccc4s3)cc2)=C(c2ccccc2)C(c2ccccc2)=C1c1ccc(-c2nc3ccccc3s2)cc1. The molecule has 0 N–H and O–H groups in total. The van der Waals surface area contributed by atoms with E-state index < -0.39 is 8.07 Å². The lowest BCUT2D eigenvalue weighted by molar-refractivity contribution is 1.30. The van der Waals surface area contributed by atoms with Gasteiger partial charge in [0.05, 0.1) is 20.4 Å². The number of fused-ring (bicyclic) bond motifs is 2. The molecule has 6 aromatic carbocycles. The molecule has 51 heavy (non-hydrogen) atoms. The summed E-state index contributed by atoms with van der Waals surface area (Å²) in [5.74, 6) is 0. The molecule has 0 atom stereocenters. The number of aromatic nitrogens is 2. The van der Waals surface area contributed by atoms with Crippen molar-refractivity contribution >= 4 is 72.7 Å². The summed E-state index contributed by atoms with van der Waals surface area (Å²) in [5, 5.41) is 5.22. The second kappa shape index (κ2) is 13.2. The third kappa shape index (κ3) is 5.44. The molecular weight excluding hydrogens is 673 g/mol. The van der Waals surface area contributed by atoms with Crippen LogP contribution in [0.2, 0.25) is 12.1 Å². The van der Waals surface area contributed by atoms with Crippen molar-refractivity contribution in [2.24, 2.45) is 0 Å². The van der Waals surface area contributed by atoms with Crippen molar-refractivity contribution in [1.82, 2.24) is 9.97 Å². The highest BCUT2D eigenvalue weighted by Gasteiger charge is 2.48. The minimum Gasteiger partial charge on any atom is -0.236 e. The molecule has 8 aromatic rings. The van der Waals surface area contributed by atoms with Crippen molar-refractivity contribution < 1.29 is 0 Å². The lowest BCUT2D eigenvalue weighted by Gasteiger charge is -2.33. The van der Waals surface area contributed by atoms with Crippen LogP contribution in [0.3, 0.4) is 0 Å². The molecule has 0 amide bonds. The highest BCUT2D eigenvalue weighted by Crippen LogP contribution is 2.58. The Balaban J connectivity index is 1.24. The van der Waals surface area contributed by atoms with Gasteiger partial charge in [0, 0.05) is 11.1 Å². The van der Waals surface area contributed by atoms with E-state index in [0.717, 1.165) is 33.1 Å². The topological polar surface area (TPSA) is 25.8 Å². The van der Waals surface area contributed by atoms with Crippen LogP contribution in [0.1, 0.15) is 36.1 Å². The van der Waals surface area contributed by atoms with E-state index in [2.05, 4.69) is 172 Å². The summed E-state index contributed by atoms with van der Waals surface area (Å²) in [7, 11) is -2.33. The molecule has 9 rings (SSSR count). The van der Waals surface area contributed by atoms with Crippen molar-refractivity contribution in [2.45, 2.75) is 25.9 Å². The van der Waals surface area contributed by atoms with Crippen LogP contribution < -0.4 is 0 Å². The normalized spacial score (nSPS) is 14.2. The van der Waals surface area contributed by atoms with Crippen molar-refractivity contribution in [3.63, 3.8) is 0 Å². The average molecular weight is 709 g/mol. The van der Waals surface area contributed by atoms with E-state index in [0.29, 0.717) is 0 Å². The van der Waals surface area contributed by atoms with Crippen molar-refractivity contribution in [2.75, 3.05) is 0 Å². The zero-order valence-corrected chi connectivity index (χ0v) is 31.3. The van der Waals surface area contributed by atoms with Crippen LogP contribution in [-0.4, -0.2) is 18.0 Å². The van der Waals surface area contributed by atoms with Gasteiger partial charge in [0.2, 0.25) is 0 Å². The first-order chi connectivity index (χ1) is 25.2. The van der Waals surface area contributed by atoms with Crippen LogP contribution in [0.15, 0.2) is 158 Å². The summed E-state index contributed by atoms with van der Waals surface area (Å²) in [4.78, 5) is 9.96. The number of hydrogen-bond donors (Lipinski definition) is 0. The monoisotopic (exact) mass is 708 g/mol. The maximum absolute atomic E-state index is 4.98. The second-order valence-electron chi connectivity index (χ2n) is 13.1. The molecule has 0 saturated heterocycles. The molecule has 2 nitrogen and oxygen atoms in total. The van der Waals surface area contributed by atoms with Crippen molar-refractivity contribution in [3.8, 4) is 21.1 Å². The van der Waals surface area contributed by atoms with Gasteiger partial charge in [-0.15, -0.1) is 22.7 Å². The predicted molar refractivity (Wildman–Crippen MR) is 223 cm³/mol. The van der Waals surface area contributed by atoms with Gasteiger partial charge in [-0.25, -0.2) is 9.97 Å². The van der Waals surface area contributed by atoms with Gasteiger partial charge in [0.25, 0.3) is 0 Å². The lowest BCUT2D eigenvalue weighted by atomic mass is 9.89. The lowest BCUT2D eigenvalue weighted by Crippen LogP contribution is -2.35. The van der Waals surface area contributed by atoms with Crippen LogP contribution in [0.4, 0.5) is 0 Å². The van der Waals surface area contributed by atoms with Gasteiger partial charge in [0.15, 0.2) is 0 Å². The summed E-state index contributed by atoms with van der Waals surface area (Å²) in [6.07, 6.45) is 0. The fourth-order valence-electron chi connectivity index (χ4n) is 7.99. The van der Waals surface area contributed by atoms with Gasteiger partial charge in [-0.05, 0) is 68.1 Å². The molecule has 0 spiro atoms. The fraction of sp³-hybridized carbons (Fsp3) is 0.0870. The van der Waals surface area contributed by atoms with Crippen LogP contribution in [0.5, 0.6) is 0 Å². The largest absolute Gasteiger partial charge is 0.236 e. The van der Waals surface area contributed by atoms with Gasteiger partial charge in [-0.1, -0.05) is 159 Å². The van der Waals surface area contributed by atoms with Gasteiger partial charge < -0.3 is 0 Å². The van der Waals surface area contributed by atoms with E-state index in [-0.39, 0.29) is 0 Å². The Morgan fingerprint density at radius 1 is 0.392 bits per heavy atom. The molecule has 3 heterocycles. The Labute approximate surface area is 308 Å².